The van der Waals surface area contributed by atoms with Crippen molar-refractivity contribution in [3.8, 4) is 5.75 Å². The van der Waals surface area contributed by atoms with E-state index in [1.54, 1.807) is 18.5 Å². The molecule has 2 heterocycles. The molecule has 1 aliphatic rings. The molecule has 0 radical (unpaired) electrons. The van der Waals surface area contributed by atoms with Crippen LogP contribution < -0.4 is 20.7 Å². The predicted octanol–water partition coefficient (Wildman–Crippen LogP) is 3.99. The monoisotopic (exact) mass is 679 g/mol. The molecule has 0 saturated carbocycles. The first-order valence-corrected chi connectivity index (χ1v) is 17.1. The van der Waals surface area contributed by atoms with Crippen LogP contribution in [-0.2, 0) is 20.8 Å². The molecule has 252 valence electrons. The van der Waals surface area contributed by atoms with Crippen molar-refractivity contribution in [2.75, 3.05) is 12.5 Å². The van der Waals surface area contributed by atoms with E-state index in [2.05, 4.69) is 20.9 Å². The summed E-state index contributed by atoms with van der Waals surface area (Å²) in [7, 11) is 0. The minimum Gasteiger partial charge on any atom is -0.483 e. The summed E-state index contributed by atoms with van der Waals surface area (Å²) in [6, 6.07) is 14.7. The van der Waals surface area contributed by atoms with Gasteiger partial charge in [0, 0.05) is 33.5 Å². The molecule has 10 nitrogen and oxygen atoms in total. The van der Waals surface area contributed by atoms with E-state index >= 15 is 0 Å². The molecule has 47 heavy (non-hydrogen) atoms. The highest BCUT2D eigenvalue weighted by molar-refractivity contribution is 8.00. The van der Waals surface area contributed by atoms with Gasteiger partial charge in [-0.2, -0.15) is 0 Å². The second-order valence-corrected chi connectivity index (χ2v) is 15.3. The molecule has 3 amide bonds. The molecule has 4 rings (SSSR count). The molecule has 4 N–H and O–H groups in total. The van der Waals surface area contributed by atoms with Gasteiger partial charge in [0.25, 0.3) is 11.8 Å². The van der Waals surface area contributed by atoms with Crippen LogP contribution >= 0.6 is 24.0 Å². The number of thioether (sulfide) groups is 1. The fourth-order valence-electron chi connectivity index (χ4n) is 5.54. The minimum absolute atomic E-state index is 0.227. The fraction of sp³-hybridized carbons (Fsp3) is 0.457. The summed E-state index contributed by atoms with van der Waals surface area (Å²) < 4.78 is 5.28. The summed E-state index contributed by atoms with van der Waals surface area (Å²) >= 11 is 7.24. The Labute approximate surface area is 286 Å². The Hall–Kier alpha value is -3.74. The highest BCUT2D eigenvalue weighted by Crippen LogP contribution is 2.40. The van der Waals surface area contributed by atoms with E-state index in [9.17, 15) is 19.5 Å². The number of aromatic nitrogens is 1. The number of hydrogen-bond acceptors (Lipinski definition) is 8. The summed E-state index contributed by atoms with van der Waals surface area (Å²) in [6.07, 6.45) is 2.62. The number of aliphatic hydroxyl groups excluding tert-OH is 1. The summed E-state index contributed by atoms with van der Waals surface area (Å²) in [6.45, 7) is 11.2. The third kappa shape index (κ3) is 9.42. The van der Waals surface area contributed by atoms with Crippen LogP contribution in [0.4, 0.5) is 0 Å². The molecule has 1 fully saturated rings. The van der Waals surface area contributed by atoms with Crippen LogP contribution in [0.3, 0.4) is 0 Å². The normalized spacial score (nSPS) is 17.8. The lowest BCUT2D eigenvalue weighted by Crippen LogP contribution is -2.61. The molecule has 1 aliphatic heterocycles. The molecule has 4 atom stereocenters. The number of rotatable bonds is 12. The van der Waals surface area contributed by atoms with E-state index in [4.69, 9.17) is 17.0 Å². The Morgan fingerprint density at radius 3 is 2.51 bits per heavy atom. The van der Waals surface area contributed by atoms with Crippen molar-refractivity contribution < 1.29 is 24.2 Å². The van der Waals surface area contributed by atoms with Gasteiger partial charge < -0.3 is 30.7 Å². The maximum absolute atomic E-state index is 14.0. The number of fused-ring (bicyclic) bond motifs is 1. The van der Waals surface area contributed by atoms with Gasteiger partial charge in [-0.3, -0.25) is 19.4 Å². The molecular weight excluding hydrogens is 635 g/mol. The largest absolute Gasteiger partial charge is 0.483 e. The maximum Gasteiger partial charge on any atom is 0.258 e. The second-order valence-electron chi connectivity index (χ2n) is 13.2. The molecule has 2 aromatic carbocycles. The summed E-state index contributed by atoms with van der Waals surface area (Å²) in [5.74, 6) is -0.381. The van der Waals surface area contributed by atoms with Gasteiger partial charge in [-0.25, -0.2) is 0 Å². The SMILES string of the molecule is CC[C@@H](NC(=O)COc1cccc2cnccc12)C(=S)N[C@@H](Cc1ccccc1)[C@H](O)C(=O)N1CSC(C)(C)C1C(=O)NC(C)(C)C. The molecule has 12 heteroatoms. The molecule has 3 aromatic rings. The van der Waals surface area contributed by atoms with Gasteiger partial charge in [-0.15, -0.1) is 11.8 Å². The van der Waals surface area contributed by atoms with E-state index in [1.165, 1.54) is 16.7 Å². The third-order valence-electron chi connectivity index (χ3n) is 7.90. The number of benzene rings is 2. The third-order valence-corrected chi connectivity index (χ3v) is 9.67. The van der Waals surface area contributed by atoms with Crippen molar-refractivity contribution in [3.05, 3.63) is 72.6 Å². The molecule has 0 bridgehead atoms. The van der Waals surface area contributed by atoms with E-state index in [-0.39, 0.29) is 35.7 Å². The molecule has 1 aromatic heterocycles. The van der Waals surface area contributed by atoms with Crippen molar-refractivity contribution in [1.82, 2.24) is 25.8 Å². The lowest BCUT2D eigenvalue weighted by Gasteiger charge is -2.35. The number of carbonyl (C=O) groups is 3. The first-order valence-electron chi connectivity index (χ1n) is 15.7. The Morgan fingerprint density at radius 2 is 1.83 bits per heavy atom. The zero-order valence-corrected chi connectivity index (χ0v) is 29.4. The topological polar surface area (TPSA) is 133 Å². The predicted molar refractivity (Wildman–Crippen MR) is 190 cm³/mol. The molecular formula is C35H45N5O5S2. The van der Waals surface area contributed by atoms with Crippen LogP contribution in [0.15, 0.2) is 67.0 Å². The van der Waals surface area contributed by atoms with Gasteiger partial charge in [-0.1, -0.05) is 61.6 Å². The molecule has 1 saturated heterocycles. The number of nitrogens with one attached hydrogen (secondary N) is 3. The number of thiocarbonyl (C=S) groups is 1. The van der Waals surface area contributed by atoms with Crippen molar-refractivity contribution in [2.45, 2.75) is 88.9 Å². The average molecular weight is 680 g/mol. The highest BCUT2D eigenvalue weighted by Gasteiger charge is 2.50. The van der Waals surface area contributed by atoms with E-state index < -0.39 is 40.4 Å². The number of nitrogens with zero attached hydrogens (tertiary/aromatic N) is 2. The van der Waals surface area contributed by atoms with Gasteiger partial charge in [0.15, 0.2) is 12.7 Å². The lowest BCUT2D eigenvalue weighted by atomic mass is 9.96. The zero-order valence-electron chi connectivity index (χ0n) is 27.8. The summed E-state index contributed by atoms with van der Waals surface area (Å²) in [5.41, 5.74) is 0.391. The Kier molecular flexibility index (Phi) is 11.9. The van der Waals surface area contributed by atoms with Crippen LogP contribution in [0.2, 0.25) is 0 Å². The van der Waals surface area contributed by atoms with Gasteiger partial charge in [0.1, 0.15) is 11.8 Å². The lowest BCUT2D eigenvalue weighted by molar-refractivity contribution is -0.147. The average Bonchev–Trinajstić information content (AvgIpc) is 3.35. The van der Waals surface area contributed by atoms with Gasteiger partial charge in [0.05, 0.1) is 22.9 Å². The van der Waals surface area contributed by atoms with Crippen LogP contribution in [0.5, 0.6) is 5.75 Å². The van der Waals surface area contributed by atoms with Gasteiger partial charge in [-0.05, 0) is 65.2 Å². The van der Waals surface area contributed by atoms with Crippen LogP contribution in [0.25, 0.3) is 10.8 Å². The quantitative estimate of drug-likeness (QED) is 0.210. The first-order chi connectivity index (χ1) is 22.2. The van der Waals surface area contributed by atoms with Crippen LogP contribution in [-0.4, -0.2) is 84.7 Å². The molecule has 0 aliphatic carbocycles. The van der Waals surface area contributed by atoms with Gasteiger partial charge in [0.2, 0.25) is 5.91 Å². The van der Waals surface area contributed by atoms with E-state index in [0.717, 1.165) is 16.3 Å². The maximum atomic E-state index is 14.0. The Bertz CT molecular complexity index is 1570. The van der Waals surface area contributed by atoms with Crippen LogP contribution in [0.1, 0.15) is 53.5 Å². The fourth-order valence-corrected chi connectivity index (χ4v) is 7.05. The number of pyridine rings is 1. The second kappa shape index (κ2) is 15.4. The zero-order chi connectivity index (χ0) is 34.4. The van der Waals surface area contributed by atoms with Crippen molar-refractivity contribution in [2.24, 2.45) is 0 Å². The first kappa shape index (κ1) is 36.1. The molecule has 0 spiro atoms. The highest BCUT2D eigenvalue weighted by atomic mass is 32.2. The van der Waals surface area contributed by atoms with Crippen molar-refractivity contribution in [3.63, 3.8) is 0 Å². The number of aliphatic hydroxyl groups is 1. The smallest absolute Gasteiger partial charge is 0.258 e. The van der Waals surface area contributed by atoms with Crippen molar-refractivity contribution >= 4 is 57.5 Å². The standard InChI is InChI=1S/C35H45N5O5S2/c1-7-25(37-28(41)20-45-27-15-11-14-23-19-36-17-16-24(23)27)32(46)38-26(18-22-12-9-8-10-13-22)29(42)33(44)40-21-47-35(5,6)30(40)31(43)39-34(2,3)4/h8-17,19,25-26,29-30,42H,7,18,20-21H2,1-6H3,(H,37,41)(H,38,46)(H,39,43)/t25-,26+,29+,30?/m1/s1. The molecule has 1 unspecified atom stereocenters. The van der Waals surface area contributed by atoms with Crippen molar-refractivity contribution in [1.29, 1.82) is 0 Å². The van der Waals surface area contributed by atoms with E-state index in [0.29, 0.717) is 12.2 Å². The van der Waals surface area contributed by atoms with Gasteiger partial charge >= 0.3 is 0 Å². The Balaban J connectivity index is 1.47. The minimum atomic E-state index is -1.52. The Morgan fingerprint density at radius 1 is 1.11 bits per heavy atom. The number of hydrogen-bond donors (Lipinski definition) is 4. The number of carbonyl (C=O) groups excluding carboxylic acids is 3. The summed E-state index contributed by atoms with van der Waals surface area (Å²) in [5, 5.41) is 22.5. The van der Waals surface area contributed by atoms with Crippen LogP contribution in [0, 0.1) is 0 Å². The van der Waals surface area contributed by atoms with E-state index in [1.807, 2.05) is 90.1 Å². The summed E-state index contributed by atoms with van der Waals surface area (Å²) in [4.78, 5) is 46.2. The number of amides is 3. The number of ether oxygens (including phenoxy) is 1.